The summed E-state index contributed by atoms with van der Waals surface area (Å²) in [7, 11) is -5.11. The predicted molar refractivity (Wildman–Crippen MR) is 164 cm³/mol. The molecule has 1 aliphatic heterocycles. The van der Waals surface area contributed by atoms with E-state index < -0.39 is 77.0 Å². The first-order valence-electron chi connectivity index (χ1n) is 14.8. The molecule has 1 saturated heterocycles. The summed E-state index contributed by atoms with van der Waals surface area (Å²) in [4.78, 5) is 0. The molecule has 0 unspecified atom stereocenters. The molecule has 0 bridgehead atoms. The van der Waals surface area contributed by atoms with Crippen molar-refractivity contribution in [1.82, 2.24) is 0 Å². The number of hydrogen-bond donors (Lipinski definition) is 0. The van der Waals surface area contributed by atoms with E-state index in [4.69, 9.17) is 9.05 Å². The van der Waals surface area contributed by atoms with Crippen LogP contribution in [0.2, 0.25) is 0 Å². The van der Waals surface area contributed by atoms with Crippen LogP contribution in [0.1, 0.15) is 45.0 Å². The molecular formula is C36H22F12O2P+. The highest BCUT2D eigenvalue weighted by Gasteiger charge is 2.70. The minimum Gasteiger partial charge on any atom is -0.183 e. The van der Waals surface area contributed by atoms with Crippen molar-refractivity contribution >= 4 is 18.3 Å². The Morgan fingerprint density at radius 1 is 0.431 bits per heavy atom. The van der Waals surface area contributed by atoms with Crippen molar-refractivity contribution in [3.05, 3.63) is 166 Å². The van der Waals surface area contributed by atoms with Crippen molar-refractivity contribution in [2.75, 3.05) is 0 Å². The SMILES string of the molecule is FC(F)(F)c1cc(C(F)(F)F)cc([P+]2(c3cc(C(F)(F)F)cc(C(F)(F)F)c3)O[C@@H](c3ccccc3)C(c3ccccc3)(c3ccccc3)O2)c1. The fourth-order valence-corrected chi connectivity index (χ4v) is 9.27. The fourth-order valence-electron chi connectivity index (χ4n) is 5.96. The molecule has 6 rings (SSSR count). The van der Waals surface area contributed by atoms with E-state index in [-0.39, 0.29) is 53.1 Å². The molecule has 0 spiro atoms. The van der Waals surface area contributed by atoms with Gasteiger partial charge in [0.25, 0.3) is 0 Å². The summed E-state index contributed by atoms with van der Waals surface area (Å²) in [6, 6.07) is 23.3. The van der Waals surface area contributed by atoms with Crippen LogP contribution in [0, 0.1) is 0 Å². The molecule has 266 valence electrons. The average Bonchev–Trinajstić information content (AvgIpc) is 3.46. The smallest absolute Gasteiger partial charge is 0.183 e. The van der Waals surface area contributed by atoms with Gasteiger partial charge in [-0.3, -0.25) is 0 Å². The van der Waals surface area contributed by atoms with Crippen LogP contribution in [0.3, 0.4) is 0 Å². The Labute approximate surface area is 282 Å². The molecule has 1 heterocycles. The van der Waals surface area contributed by atoms with Crippen molar-refractivity contribution in [2.45, 2.75) is 36.4 Å². The third-order valence-electron chi connectivity index (χ3n) is 8.23. The molecule has 0 N–H and O–H groups in total. The van der Waals surface area contributed by atoms with Crippen molar-refractivity contribution < 1.29 is 61.7 Å². The van der Waals surface area contributed by atoms with Crippen LogP contribution < -0.4 is 10.6 Å². The number of rotatable bonds is 5. The highest BCUT2D eigenvalue weighted by atomic mass is 31.2. The van der Waals surface area contributed by atoms with Crippen LogP contribution in [-0.4, -0.2) is 0 Å². The fraction of sp³-hybridized carbons (Fsp3) is 0.167. The van der Waals surface area contributed by atoms with Crippen LogP contribution >= 0.6 is 7.72 Å². The van der Waals surface area contributed by atoms with Gasteiger partial charge in [0, 0.05) is 0 Å². The summed E-state index contributed by atoms with van der Waals surface area (Å²) in [6.07, 6.45) is -23.3. The van der Waals surface area contributed by atoms with Gasteiger partial charge in [-0.05, 0) is 53.1 Å². The van der Waals surface area contributed by atoms with Gasteiger partial charge in [0.1, 0.15) is 0 Å². The molecule has 5 aromatic rings. The van der Waals surface area contributed by atoms with Gasteiger partial charge in [-0.2, -0.15) is 61.7 Å². The summed E-state index contributed by atoms with van der Waals surface area (Å²) >= 11 is 0. The van der Waals surface area contributed by atoms with Crippen LogP contribution in [0.25, 0.3) is 0 Å². The van der Waals surface area contributed by atoms with Crippen molar-refractivity contribution in [3.63, 3.8) is 0 Å². The van der Waals surface area contributed by atoms with Gasteiger partial charge < -0.3 is 0 Å². The van der Waals surface area contributed by atoms with E-state index in [0.29, 0.717) is 0 Å². The summed E-state index contributed by atoms with van der Waals surface area (Å²) < 4.78 is 185. The van der Waals surface area contributed by atoms with Gasteiger partial charge in [-0.1, -0.05) is 91.0 Å². The van der Waals surface area contributed by atoms with Crippen LogP contribution in [-0.2, 0) is 39.4 Å². The second kappa shape index (κ2) is 12.7. The topological polar surface area (TPSA) is 18.5 Å². The van der Waals surface area contributed by atoms with Gasteiger partial charge in [0.2, 0.25) is 5.60 Å². The largest absolute Gasteiger partial charge is 0.416 e. The summed E-state index contributed by atoms with van der Waals surface area (Å²) in [5, 5.41) is -2.10. The Morgan fingerprint density at radius 2 is 0.745 bits per heavy atom. The predicted octanol–water partition coefficient (Wildman–Crippen LogP) is 11.3. The maximum atomic E-state index is 14.3. The lowest BCUT2D eigenvalue weighted by atomic mass is 9.79. The van der Waals surface area contributed by atoms with E-state index in [1.165, 1.54) is 72.8 Å². The molecule has 1 fully saturated rings. The number of halogens is 12. The van der Waals surface area contributed by atoms with E-state index in [9.17, 15) is 52.7 Å². The molecule has 0 radical (unpaired) electrons. The molecule has 0 aliphatic carbocycles. The van der Waals surface area contributed by atoms with E-state index >= 15 is 0 Å². The summed E-state index contributed by atoms with van der Waals surface area (Å²) in [5.74, 6) is 0. The zero-order valence-corrected chi connectivity index (χ0v) is 26.4. The monoisotopic (exact) mass is 745 g/mol. The first-order chi connectivity index (χ1) is 23.7. The average molecular weight is 746 g/mol. The third-order valence-corrected chi connectivity index (χ3v) is 11.2. The van der Waals surface area contributed by atoms with Gasteiger partial charge in [-0.15, -0.1) is 0 Å². The molecule has 1 aliphatic rings. The van der Waals surface area contributed by atoms with Crippen molar-refractivity contribution in [2.24, 2.45) is 0 Å². The third kappa shape index (κ3) is 6.84. The Hall–Kier alpha value is -4.39. The molecule has 0 saturated carbocycles. The first kappa shape index (κ1) is 36.4. The first-order valence-corrected chi connectivity index (χ1v) is 16.4. The minimum absolute atomic E-state index is 0.193. The normalized spacial score (nSPS) is 17.8. The van der Waals surface area contributed by atoms with Crippen LogP contribution in [0.5, 0.6) is 0 Å². The Balaban J connectivity index is 1.81. The van der Waals surface area contributed by atoms with Gasteiger partial charge in [0.15, 0.2) is 16.7 Å². The molecule has 1 atom stereocenters. The molecule has 15 heteroatoms. The zero-order valence-electron chi connectivity index (χ0n) is 25.5. The summed E-state index contributed by atoms with van der Waals surface area (Å²) in [6.45, 7) is 0. The lowest BCUT2D eigenvalue weighted by molar-refractivity contribution is -0.144. The van der Waals surface area contributed by atoms with E-state index in [1.807, 2.05) is 0 Å². The van der Waals surface area contributed by atoms with Crippen LogP contribution in [0.15, 0.2) is 127 Å². The molecule has 2 nitrogen and oxygen atoms in total. The van der Waals surface area contributed by atoms with E-state index in [1.54, 1.807) is 18.2 Å². The molecule has 5 aromatic carbocycles. The van der Waals surface area contributed by atoms with Crippen molar-refractivity contribution in [3.8, 4) is 0 Å². The van der Waals surface area contributed by atoms with Crippen molar-refractivity contribution in [1.29, 1.82) is 0 Å². The number of alkyl halides is 12. The molecule has 0 amide bonds. The highest BCUT2D eigenvalue weighted by molar-refractivity contribution is 7.81. The highest BCUT2D eigenvalue weighted by Crippen LogP contribution is 2.75. The quantitative estimate of drug-likeness (QED) is 0.132. The Bertz CT molecular complexity index is 1830. The van der Waals surface area contributed by atoms with E-state index in [0.717, 1.165) is 0 Å². The Kier molecular flexibility index (Phi) is 9.05. The zero-order chi connectivity index (χ0) is 37.0. The van der Waals surface area contributed by atoms with Crippen LogP contribution in [0.4, 0.5) is 52.7 Å². The maximum absolute atomic E-state index is 14.3. The second-order valence-electron chi connectivity index (χ2n) is 11.5. The molecule has 0 aromatic heterocycles. The summed E-state index contributed by atoms with van der Waals surface area (Å²) in [5.41, 5.74) is -8.99. The second-order valence-corrected chi connectivity index (χ2v) is 14.1. The molecular weight excluding hydrogens is 723 g/mol. The lowest BCUT2D eigenvalue weighted by Gasteiger charge is -2.31. The maximum Gasteiger partial charge on any atom is 0.416 e. The van der Waals surface area contributed by atoms with Gasteiger partial charge in [-0.25, -0.2) is 0 Å². The van der Waals surface area contributed by atoms with Gasteiger partial charge in [0.05, 0.1) is 22.3 Å². The number of hydrogen-bond acceptors (Lipinski definition) is 2. The lowest BCUT2D eigenvalue weighted by Crippen LogP contribution is -2.34. The molecule has 51 heavy (non-hydrogen) atoms. The minimum atomic E-state index is -5.44. The standard InChI is InChI=1S/C36H22F12O2P/c37-33(38,39)25-16-26(34(40,41)42)19-29(18-25)51(30-20-27(35(43,44)45)17-28(21-30)36(46,47)48)49-31(22-10-4-1-5-11-22)32(50-51,23-12-6-2-7-13-23)24-14-8-3-9-15-24/h1-21,31H/q+1/t31-/m0/s1. The van der Waals surface area contributed by atoms with Gasteiger partial charge >= 0.3 is 32.4 Å². The Morgan fingerprint density at radius 3 is 1.06 bits per heavy atom. The van der Waals surface area contributed by atoms with E-state index in [2.05, 4.69) is 0 Å². The number of benzene rings is 5.